The van der Waals surface area contributed by atoms with Crippen LogP contribution in [-0.2, 0) is 4.74 Å². The summed E-state index contributed by atoms with van der Waals surface area (Å²) < 4.78 is 10.7. The quantitative estimate of drug-likeness (QED) is 0.766. The van der Waals surface area contributed by atoms with Gasteiger partial charge in [0.25, 0.3) is 0 Å². The van der Waals surface area contributed by atoms with Gasteiger partial charge in [-0.05, 0) is 58.9 Å². The number of rotatable bonds is 3. The topological polar surface area (TPSA) is 68.7 Å². The second-order valence-corrected chi connectivity index (χ2v) is 8.22. The average molecular weight is 360 g/mol. The third-order valence-corrected chi connectivity index (χ3v) is 5.13. The van der Waals surface area contributed by atoms with Gasteiger partial charge in [-0.1, -0.05) is 6.07 Å². The van der Waals surface area contributed by atoms with Gasteiger partial charge in [0.15, 0.2) is 5.78 Å². The molecule has 1 amide bonds. The van der Waals surface area contributed by atoms with Crippen molar-refractivity contribution in [3.63, 3.8) is 0 Å². The summed E-state index contributed by atoms with van der Waals surface area (Å²) in [4.78, 5) is 31.8. The maximum absolute atomic E-state index is 13.0. The number of carbonyl (C=O) groups is 2. The van der Waals surface area contributed by atoms with Crippen LogP contribution in [0.25, 0.3) is 0 Å². The Balaban J connectivity index is 1.75. The summed E-state index contributed by atoms with van der Waals surface area (Å²) >= 11 is 0. The van der Waals surface area contributed by atoms with Crippen LogP contribution in [0.15, 0.2) is 18.2 Å². The van der Waals surface area contributed by atoms with Crippen LogP contribution in [-0.4, -0.2) is 46.6 Å². The van der Waals surface area contributed by atoms with Crippen LogP contribution in [0.2, 0.25) is 0 Å². The molecule has 0 aromatic carbocycles. The molecule has 1 aromatic heterocycles. The van der Waals surface area contributed by atoms with E-state index < -0.39 is 5.60 Å². The Morgan fingerprint density at radius 1 is 1.15 bits per heavy atom. The molecule has 26 heavy (non-hydrogen) atoms. The third kappa shape index (κ3) is 4.00. The summed E-state index contributed by atoms with van der Waals surface area (Å²) in [5.41, 5.74) is -0.0686. The molecule has 2 fully saturated rings. The molecule has 0 spiro atoms. The lowest BCUT2D eigenvalue weighted by molar-refractivity contribution is -0.0261. The molecule has 3 rings (SSSR count). The molecule has 3 heterocycles. The molecule has 2 unspecified atom stereocenters. The minimum absolute atomic E-state index is 0.0460. The highest BCUT2D eigenvalue weighted by Gasteiger charge is 2.44. The number of hydrogen-bond acceptors (Lipinski definition) is 5. The fraction of sp³-hybridized carbons (Fsp3) is 0.650. The summed E-state index contributed by atoms with van der Waals surface area (Å²) in [7, 11) is 1.54. The van der Waals surface area contributed by atoms with Crippen molar-refractivity contribution in [1.82, 2.24) is 9.88 Å². The Morgan fingerprint density at radius 2 is 1.81 bits per heavy atom. The monoisotopic (exact) mass is 360 g/mol. The van der Waals surface area contributed by atoms with Crippen molar-refractivity contribution in [3.8, 4) is 5.88 Å². The highest BCUT2D eigenvalue weighted by molar-refractivity contribution is 5.96. The molecule has 0 aliphatic carbocycles. The Morgan fingerprint density at radius 3 is 2.38 bits per heavy atom. The molecule has 0 radical (unpaired) electrons. The smallest absolute Gasteiger partial charge is 0.410 e. The van der Waals surface area contributed by atoms with Crippen molar-refractivity contribution in [3.05, 3.63) is 23.9 Å². The number of hydrogen-bond donors (Lipinski definition) is 0. The van der Waals surface area contributed by atoms with Crippen LogP contribution in [0.3, 0.4) is 0 Å². The van der Waals surface area contributed by atoms with E-state index in [4.69, 9.17) is 9.47 Å². The minimum Gasteiger partial charge on any atom is -0.481 e. The number of ether oxygens (including phenoxy) is 2. The number of nitrogens with zero attached hydrogens (tertiary/aromatic N) is 2. The lowest BCUT2D eigenvalue weighted by Gasteiger charge is -2.48. The molecule has 2 aliphatic heterocycles. The predicted molar refractivity (Wildman–Crippen MR) is 97.3 cm³/mol. The van der Waals surface area contributed by atoms with Crippen molar-refractivity contribution in [1.29, 1.82) is 0 Å². The number of amides is 1. The zero-order valence-corrected chi connectivity index (χ0v) is 16.0. The van der Waals surface area contributed by atoms with Crippen LogP contribution in [0.1, 0.15) is 63.4 Å². The third-order valence-electron chi connectivity index (χ3n) is 5.13. The van der Waals surface area contributed by atoms with Crippen LogP contribution < -0.4 is 4.74 Å². The van der Waals surface area contributed by atoms with Crippen LogP contribution in [0, 0.1) is 5.92 Å². The van der Waals surface area contributed by atoms with E-state index in [1.807, 2.05) is 25.7 Å². The lowest BCUT2D eigenvalue weighted by atomic mass is 9.76. The first-order valence-corrected chi connectivity index (χ1v) is 9.35. The molecule has 2 aliphatic rings. The lowest BCUT2D eigenvalue weighted by Crippen LogP contribution is -2.56. The summed E-state index contributed by atoms with van der Waals surface area (Å²) in [6, 6.07) is 5.39. The fourth-order valence-corrected chi connectivity index (χ4v) is 4.08. The van der Waals surface area contributed by atoms with Gasteiger partial charge in [-0.3, -0.25) is 4.79 Å². The first-order chi connectivity index (χ1) is 12.3. The molecule has 1 aromatic rings. The van der Waals surface area contributed by atoms with Gasteiger partial charge in [0.2, 0.25) is 5.88 Å². The standard InChI is InChI=1S/C20H28N2O4/c1-20(2,3)26-19(24)22-14-7-5-8-15(22)12-13(11-14)18(23)16-9-6-10-17(21-16)25-4/h6,9-10,13-15H,5,7-8,11-12H2,1-4H3. The molecular formula is C20H28N2O4. The molecule has 0 saturated carbocycles. The maximum atomic E-state index is 13.0. The molecule has 2 bridgehead atoms. The zero-order valence-electron chi connectivity index (χ0n) is 16.0. The highest BCUT2D eigenvalue weighted by Crippen LogP contribution is 2.39. The number of carbonyl (C=O) groups excluding carboxylic acids is 2. The number of pyridine rings is 1. The molecule has 2 atom stereocenters. The Bertz CT molecular complexity index is 669. The summed E-state index contributed by atoms with van der Waals surface area (Å²) in [5, 5.41) is 0. The van der Waals surface area contributed by atoms with Gasteiger partial charge in [0.05, 0.1) is 7.11 Å². The van der Waals surface area contributed by atoms with E-state index in [0.29, 0.717) is 24.4 Å². The maximum Gasteiger partial charge on any atom is 0.410 e. The molecule has 2 saturated heterocycles. The molecule has 6 heteroatoms. The van der Waals surface area contributed by atoms with Crippen LogP contribution in [0.4, 0.5) is 4.79 Å². The first-order valence-electron chi connectivity index (χ1n) is 9.35. The number of piperidine rings is 2. The number of ketones is 1. The van der Waals surface area contributed by atoms with Gasteiger partial charge < -0.3 is 14.4 Å². The molecule has 0 N–H and O–H groups in total. The molecular weight excluding hydrogens is 332 g/mol. The Labute approximate surface area is 154 Å². The zero-order chi connectivity index (χ0) is 18.9. The summed E-state index contributed by atoms with van der Waals surface area (Å²) in [5.74, 6) is 0.385. The largest absolute Gasteiger partial charge is 0.481 e. The Kier molecular flexibility index (Phi) is 5.21. The van der Waals surface area contributed by atoms with E-state index in [9.17, 15) is 9.59 Å². The van der Waals surface area contributed by atoms with Crippen molar-refractivity contribution in [2.45, 2.75) is 70.6 Å². The van der Waals surface area contributed by atoms with E-state index in [1.165, 1.54) is 0 Å². The summed E-state index contributed by atoms with van der Waals surface area (Å²) in [6.07, 6.45) is 4.03. The fourth-order valence-electron chi connectivity index (χ4n) is 4.08. The second-order valence-electron chi connectivity index (χ2n) is 8.22. The van der Waals surface area contributed by atoms with E-state index in [1.54, 1.807) is 25.3 Å². The van der Waals surface area contributed by atoms with Crippen molar-refractivity contribution in [2.24, 2.45) is 5.92 Å². The van der Waals surface area contributed by atoms with Gasteiger partial charge in [0, 0.05) is 24.1 Å². The van der Waals surface area contributed by atoms with Gasteiger partial charge in [-0.2, -0.15) is 0 Å². The highest BCUT2D eigenvalue weighted by atomic mass is 16.6. The van der Waals surface area contributed by atoms with Crippen LogP contribution >= 0.6 is 0 Å². The average Bonchev–Trinajstić information content (AvgIpc) is 2.58. The summed E-state index contributed by atoms with van der Waals surface area (Å²) in [6.45, 7) is 5.64. The SMILES string of the molecule is COc1cccc(C(=O)C2CC3CCCC(C2)N3C(=O)OC(C)(C)C)n1. The normalized spacial score (nSPS) is 25.5. The number of fused-ring (bicyclic) bond motifs is 2. The van der Waals surface area contributed by atoms with Crippen molar-refractivity contribution >= 4 is 11.9 Å². The molecule has 142 valence electrons. The van der Waals surface area contributed by atoms with Crippen molar-refractivity contribution in [2.75, 3.05) is 7.11 Å². The van der Waals surface area contributed by atoms with Crippen molar-refractivity contribution < 1.29 is 19.1 Å². The molecule has 6 nitrogen and oxygen atoms in total. The number of methoxy groups -OCH3 is 1. The van der Waals surface area contributed by atoms with E-state index in [-0.39, 0.29) is 29.9 Å². The minimum atomic E-state index is -0.511. The van der Waals surface area contributed by atoms with E-state index in [0.717, 1.165) is 19.3 Å². The number of Topliss-reactive ketones (excluding diaryl/α,β-unsaturated/α-hetero) is 1. The van der Waals surface area contributed by atoms with Gasteiger partial charge in [-0.15, -0.1) is 0 Å². The van der Waals surface area contributed by atoms with Gasteiger partial charge in [-0.25, -0.2) is 9.78 Å². The van der Waals surface area contributed by atoms with Gasteiger partial charge >= 0.3 is 6.09 Å². The first kappa shape index (κ1) is 18.7. The predicted octanol–water partition coefficient (Wildman–Crippen LogP) is 3.84. The van der Waals surface area contributed by atoms with E-state index in [2.05, 4.69) is 4.98 Å². The second kappa shape index (κ2) is 7.25. The van der Waals surface area contributed by atoms with Gasteiger partial charge in [0.1, 0.15) is 11.3 Å². The van der Waals surface area contributed by atoms with Crippen LogP contribution in [0.5, 0.6) is 5.88 Å². The van der Waals surface area contributed by atoms with E-state index >= 15 is 0 Å². The number of aromatic nitrogens is 1. The Hall–Kier alpha value is -2.11.